The zero-order valence-electron chi connectivity index (χ0n) is 17.2. The van der Waals surface area contributed by atoms with Gasteiger partial charge in [-0.1, -0.05) is 36.4 Å². The quantitative estimate of drug-likeness (QED) is 0.690. The second-order valence-corrected chi connectivity index (χ2v) is 9.83. The van der Waals surface area contributed by atoms with E-state index in [0.29, 0.717) is 5.56 Å². The van der Waals surface area contributed by atoms with Gasteiger partial charge in [-0.05, 0) is 30.2 Å². The molecular weight excluding hydrogens is 416 g/mol. The fraction of sp³-hybridized carbons (Fsp3) is 0.364. The van der Waals surface area contributed by atoms with Gasteiger partial charge in [-0.25, -0.2) is 8.42 Å². The van der Waals surface area contributed by atoms with E-state index in [1.807, 2.05) is 18.2 Å². The van der Waals surface area contributed by atoms with Gasteiger partial charge in [-0.15, -0.1) is 0 Å². The van der Waals surface area contributed by atoms with Crippen molar-refractivity contribution in [3.63, 3.8) is 0 Å². The Bertz CT molecular complexity index is 1060. The lowest BCUT2D eigenvalue weighted by atomic mass is 10.2. The molecule has 8 nitrogen and oxygen atoms in total. The summed E-state index contributed by atoms with van der Waals surface area (Å²) in [7, 11) is -3.84. The lowest BCUT2D eigenvalue weighted by Crippen LogP contribution is -2.49. The molecule has 164 valence electrons. The van der Waals surface area contributed by atoms with Gasteiger partial charge in [0.25, 0.3) is 5.91 Å². The van der Waals surface area contributed by atoms with Crippen LogP contribution in [0.2, 0.25) is 0 Å². The third-order valence-corrected chi connectivity index (χ3v) is 7.44. The highest BCUT2D eigenvalue weighted by molar-refractivity contribution is 7.89. The first-order valence-electron chi connectivity index (χ1n) is 10.4. The van der Waals surface area contributed by atoms with Crippen molar-refractivity contribution in [3.05, 3.63) is 65.7 Å². The molecule has 2 heterocycles. The van der Waals surface area contributed by atoms with Crippen LogP contribution in [-0.4, -0.2) is 68.2 Å². The van der Waals surface area contributed by atoms with Crippen molar-refractivity contribution in [1.29, 1.82) is 0 Å². The summed E-state index contributed by atoms with van der Waals surface area (Å²) in [5.74, 6) is -0.620. The summed E-state index contributed by atoms with van der Waals surface area (Å²) in [6, 6.07) is 16.2. The Labute approximate surface area is 182 Å². The van der Waals surface area contributed by atoms with E-state index >= 15 is 0 Å². The Morgan fingerprint density at radius 1 is 1.10 bits per heavy atom. The Balaban J connectivity index is 1.39. The fourth-order valence-electron chi connectivity index (χ4n) is 3.97. The summed E-state index contributed by atoms with van der Waals surface area (Å²) in [6.45, 7) is 2.76. The monoisotopic (exact) mass is 442 g/mol. The number of likely N-dealkylation sites (tertiary alicyclic amines) is 1. The van der Waals surface area contributed by atoms with E-state index in [4.69, 9.17) is 0 Å². The van der Waals surface area contributed by atoms with Gasteiger partial charge in [0.05, 0.1) is 11.4 Å². The standard InChI is InChI=1S/C22H26N4O4S/c27-21-16-26(12-10-23-21)31(29,30)20-8-4-7-18(13-20)22(28)24-19-9-11-25(15-19)14-17-5-2-1-3-6-17/h1-8,13,19H,9-12,14-16H2,(H,23,27)(H,24,28)/t19-/m0/s1. The molecule has 0 bridgehead atoms. The number of sulfonamides is 1. The topological polar surface area (TPSA) is 98.8 Å². The minimum atomic E-state index is -3.84. The van der Waals surface area contributed by atoms with Crippen LogP contribution in [0.25, 0.3) is 0 Å². The van der Waals surface area contributed by atoms with E-state index in [0.717, 1.165) is 30.4 Å². The second-order valence-electron chi connectivity index (χ2n) is 7.90. The maximum absolute atomic E-state index is 12.9. The molecule has 0 radical (unpaired) electrons. The number of benzene rings is 2. The molecule has 2 N–H and O–H groups in total. The third kappa shape index (κ3) is 5.12. The van der Waals surface area contributed by atoms with Crippen LogP contribution < -0.4 is 10.6 Å². The van der Waals surface area contributed by atoms with Crippen LogP contribution in [0.15, 0.2) is 59.5 Å². The first-order chi connectivity index (χ1) is 14.9. The highest BCUT2D eigenvalue weighted by Crippen LogP contribution is 2.19. The molecule has 1 atom stereocenters. The lowest BCUT2D eigenvalue weighted by molar-refractivity contribution is -0.122. The summed E-state index contributed by atoms with van der Waals surface area (Å²) in [5.41, 5.74) is 1.53. The smallest absolute Gasteiger partial charge is 0.251 e. The minimum absolute atomic E-state index is 0.0160. The SMILES string of the molecule is O=C1CN(S(=O)(=O)c2cccc(C(=O)N[C@H]3CCN(Cc4ccccc4)C3)c2)CCN1. The maximum atomic E-state index is 12.9. The first-order valence-corrected chi connectivity index (χ1v) is 11.8. The summed E-state index contributed by atoms with van der Waals surface area (Å²) in [5, 5.41) is 5.63. The summed E-state index contributed by atoms with van der Waals surface area (Å²) in [6.07, 6.45) is 0.847. The van der Waals surface area contributed by atoms with Crippen molar-refractivity contribution >= 4 is 21.8 Å². The summed E-state index contributed by atoms with van der Waals surface area (Å²) >= 11 is 0. The van der Waals surface area contributed by atoms with Crippen LogP contribution in [0.5, 0.6) is 0 Å². The molecule has 9 heteroatoms. The number of amides is 2. The van der Waals surface area contributed by atoms with Crippen LogP contribution in [0, 0.1) is 0 Å². The first kappa shape index (κ1) is 21.5. The highest BCUT2D eigenvalue weighted by atomic mass is 32.2. The van der Waals surface area contributed by atoms with E-state index in [2.05, 4.69) is 27.7 Å². The van der Waals surface area contributed by atoms with Crippen molar-refractivity contribution < 1.29 is 18.0 Å². The van der Waals surface area contributed by atoms with Gasteiger partial charge in [-0.2, -0.15) is 4.31 Å². The van der Waals surface area contributed by atoms with E-state index in [9.17, 15) is 18.0 Å². The minimum Gasteiger partial charge on any atom is -0.354 e. The van der Waals surface area contributed by atoms with Gasteiger partial charge in [0.2, 0.25) is 15.9 Å². The van der Waals surface area contributed by atoms with Crippen molar-refractivity contribution in [2.24, 2.45) is 0 Å². The number of hydrogen-bond donors (Lipinski definition) is 2. The number of nitrogens with one attached hydrogen (secondary N) is 2. The van der Waals surface area contributed by atoms with E-state index in [-0.39, 0.29) is 42.4 Å². The van der Waals surface area contributed by atoms with Crippen molar-refractivity contribution in [2.45, 2.75) is 23.9 Å². The van der Waals surface area contributed by atoms with Gasteiger partial charge in [0, 0.05) is 44.3 Å². The van der Waals surface area contributed by atoms with Crippen LogP contribution in [0.1, 0.15) is 22.3 Å². The lowest BCUT2D eigenvalue weighted by Gasteiger charge is -2.26. The molecule has 4 rings (SSSR count). The van der Waals surface area contributed by atoms with Crippen LogP contribution in [0.3, 0.4) is 0 Å². The molecule has 0 aliphatic carbocycles. The highest BCUT2D eigenvalue weighted by Gasteiger charge is 2.30. The zero-order chi connectivity index (χ0) is 21.8. The van der Waals surface area contributed by atoms with Crippen LogP contribution in [-0.2, 0) is 21.4 Å². The number of carbonyl (C=O) groups excluding carboxylic acids is 2. The average molecular weight is 443 g/mol. The fourth-order valence-corrected chi connectivity index (χ4v) is 5.42. The van der Waals surface area contributed by atoms with E-state index < -0.39 is 10.0 Å². The Morgan fingerprint density at radius 2 is 1.90 bits per heavy atom. The largest absolute Gasteiger partial charge is 0.354 e. The molecule has 0 saturated carbocycles. The normalized spacial score (nSPS) is 20.4. The van der Waals surface area contributed by atoms with Crippen molar-refractivity contribution in [1.82, 2.24) is 19.8 Å². The van der Waals surface area contributed by atoms with E-state index in [1.54, 1.807) is 12.1 Å². The molecule has 2 fully saturated rings. The molecule has 2 aliphatic heterocycles. The second kappa shape index (κ2) is 9.17. The molecule has 31 heavy (non-hydrogen) atoms. The van der Waals surface area contributed by atoms with Crippen molar-refractivity contribution in [2.75, 3.05) is 32.7 Å². The number of piperazine rings is 1. The number of nitrogens with zero attached hydrogens (tertiary/aromatic N) is 2. The summed E-state index contributed by atoms with van der Waals surface area (Å²) < 4.78 is 26.9. The third-order valence-electron chi connectivity index (χ3n) is 5.59. The van der Waals surface area contributed by atoms with Gasteiger partial charge in [0.15, 0.2) is 0 Å². The molecule has 0 aromatic heterocycles. The Kier molecular flexibility index (Phi) is 6.35. The van der Waals surface area contributed by atoms with Gasteiger partial charge < -0.3 is 10.6 Å². The summed E-state index contributed by atoms with van der Waals surface area (Å²) in [4.78, 5) is 26.7. The van der Waals surface area contributed by atoms with Gasteiger partial charge in [-0.3, -0.25) is 14.5 Å². The predicted octanol–water partition coefficient (Wildman–Crippen LogP) is 0.811. The average Bonchev–Trinajstić information content (AvgIpc) is 3.21. The number of rotatable bonds is 6. The molecule has 0 unspecified atom stereocenters. The predicted molar refractivity (Wildman–Crippen MR) is 116 cm³/mol. The molecular formula is C22H26N4O4S. The molecule has 2 amide bonds. The van der Waals surface area contributed by atoms with Crippen LogP contribution >= 0.6 is 0 Å². The molecule has 2 aromatic carbocycles. The molecule has 2 aromatic rings. The van der Waals surface area contributed by atoms with E-state index in [1.165, 1.54) is 17.7 Å². The maximum Gasteiger partial charge on any atom is 0.251 e. The number of hydrogen-bond acceptors (Lipinski definition) is 5. The zero-order valence-corrected chi connectivity index (χ0v) is 18.0. The van der Waals surface area contributed by atoms with Crippen LogP contribution in [0.4, 0.5) is 0 Å². The number of carbonyl (C=O) groups is 2. The Hall–Kier alpha value is -2.75. The van der Waals surface area contributed by atoms with Gasteiger partial charge >= 0.3 is 0 Å². The Morgan fingerprint density at radius 3 is 2.68 bits per heavy atom. The molecule has 2 aliphatic rings. The molecule has 0 spiro atoms. The van der Waals surface area contributed by atoms with Crippen molar-refractivity contribution in [3.8, 4) is 0 Å². The molecule has 2 saturated heterocycles. The van der Waals surface area contributed by atoms with Gasteiger partial charge in [0.1, 0.15) is 0 Å².